The van der Waals surface area contributed by atoms with Crippen molar-refractivity contribution in [2.75, 3.05) is 19.7 Å². The van der Waals surface area contributed by atoms with E-state index < -0.39 is 0 Å². The van der Waals surface area contributed by atoms with E-state index in [4.69, 9.17) is 4.74 Å². The van der Waals surface area contributed by atoms with Crippen molar-refractivity contribution in [3.8, 4) is 17.0 Å². The zero-order chi connectivity index (χ0) is 20.9. The number of piperidine rings is 1. The summed E-state index contributed by atoms with van der Waals surface area (Å²) in [5.41, 5.74) is 4.02. The lowest BCUT2D eigenvalue weighted by Gasteiger charge is -2.33. The smallest absolute Gasteiger partial charge is 0.260 e. The zero-order valence-electron chi connectivity index (χ0n) is 16.9. The number of nitrogens with zero attached hydrogens (tertiary/aromatic N) is 3. The molecule has 30 heavy (non-hydrogen) atoms. The molecule has 0 bridgehead atoms. The molecule has 0 unspecified atom stereocenters. The largest absolute Gasteiger partial charge is 0.484 e. The van der Waals surface area contributed by atoms with E-state index in [1.165, 1.54) is 29.8 Å². The Bertz CT molecular complexity index is 1020. The standard InChI is InChI=1S/C24H24FN3O2/c1-17-4-2-5-18(14-17)23-24(27-12-11-26-23)19-6-3-13-28(15-19)22(29)16-30-21-9-7-20(25)8-10-21/h2,4-5,7-12,14,19H,3,6,13,15-16H2,1H3/t19-/m1/s1. The average molecular weight is 405 g/mol. The molecule has 0 N–H and O–H groups in total. The maximum Gasteiger partial charge on any atom is 0.260 e. The summed E-state index contributed by atoms with van der Waals surface area (Å²) >= 11 is 0. The lowest BCUT2D eigenvalue weighted by Crippen LogP contribution is -2.41. The van der Waals surface area contributed by atoms with Crippen LogP contribution in [0.2, 0.25) is 0 Å². The number of carbonyl (C=O) groups excluding carboxylic acids is 1. The molecule has 1 atom stereocenters. The number of amides is 1. The highest BCUT2D eigenvalue weighted by Gasteiger charge is 2.28. The molecule has 5 nitrogen and oxygen atoms in total. The predicted octanol–water partition coefficient (Wildman–Crippen LogP) is 4.38. The molecule has 1 aliphatic rings. The second kappa shape index (κ2) is 9.03. The summed E-state index contributed by atoms with van der Waals surface area (Å²) in [5.74, 6) is 0.192. The molecule has 1 saturated heterocycles. The maximum atomic E-state index is 13.0. The van der Waals surface area contributed by atoms with E-state index in [0.717, 1.165) is 29.8 Å². The van der Waals surface area contributed by atoms with Crippen LogP contribution in [0.3, 0.4) is 0 Å². The van der Waals surface area contributed by atoms with Crippen molar-refractivity contribution in [2.45, 2.75) is 25.7 Å². The molecule has 0 radical (unpaired) electrons. The molecule has 0 saturated carbocycles. The molecule has 2 aromatic carbocycles. The number of benzene rings is 2. The van der Waals surface area contributed by atoms with Crippen LogP contribution in [0.5, 0.6) is 5.75 Å². The van der Waals surface area contributed by atoms with Gasteiger partial charge in [0.15, 0.2) is 6.61 Å². The first-order valence-electron chi connectivity index (χ1n) is 10.1. The molecular formula is C24H24FN3O2. The number of aromatic nitrogens is 2. The van der Waals surface area contributed by atoms with Crippen LogP contribution in [0, 0.1) is 12.7 Å². The summed E-state index contributed by atoms with van der Waals surface area (Å²) in [6.45, 7) is 3.27. The van der Waals surface area contributed by atoms with Crippen LogP contribution in [0.15, 0.2) is 60.9 Å². The fourth-order valence-electron chi connectivity index (χ4n) is 3.86. The van der Waals surface area contributed by atoms with Gasteiger partial charge in [-0.1, -0.05) is 23.8 Å². The molecule has 6 heteroatoms. The number of hydrogen-bond donors (Lipinski definition) is 0. The third kappa shape index (κ3) is 4.64. The van der Waals surface area contributed by atoms with Crippen LogP contribution >= 0.6 is 0 Å². The molecule has 154 valence electrons. The van der Waals surface area contributed by atoms with Crippen LogP contribution in [0.25, 0.3) is 11.3 Å². The summed E-state index contributed by atoms with van der Waals surface area (Å²) in [6, 6.07) is 13.9. The van der Waals surface area contributed by atoms with E-state index in [1.54, 1.807) is 12.4 Å². The third-order valence-corrected chi connectivity index (χ3v) is 5.35. The fraction of sp³-hybridized carbons (Fsp3) is 0.292. The highest BCUT2D eigenvalue weighted by atomic mass is 19.1. The molecule has 3 aromatic rings. The van der Waals surface area contributed by atoms with Gasteiger partial charge in [0.25, 0.3) is 5.91 Å². The number of halogens is 1. The van der Waals surface area contributed by atoms with Gasteiger partial charge in [-0.25, -0.2) is 4.39 Å². The Hall–Kier alpha value is -3.28. The van der Waals surface area contributed by atoms with E-state index in [9.17, 15) is 9.18 Å². The van der Waals surface area contributed by atoms with E-state index in [-0.39, 0.29) is 24.2 Å². The maximum absolute atomic E-state index is 13.0. The van der Waals surface area contributed by atoms with Crippen LogP contribution in [0.1, 0.15) is 30.0 Å². The van der Waals surface area contributed by atoms with Crippen molar-refractivity contribution >= 4 is 5.91 Å². The highest BCUT2D eigenvalue weighted by molar-refractivity contribution is 5.78. The van der Waals surface area contributed by atoms with Gasteiger partial charge in [0.1, 0.15) is 11.6 Å². The number of carbonyl (C=O) groups is 1. The molecule has 1 aliphatic heterocycles. The van der Waals surface area contributed by atoms with Crippen LogP contribution in [0.4, 0.5) is 4.39 Å². The van der Waals surface area contributed by atoms with Gasteiger partial charge in [-0.15, -0.1) is 0 Å². The second-order valence-corrected chi connectivity index (χ2v) is 7.58. The zero-order valence-corrected chi connectivity index (χ0v) is 16.9. The van der Waals surface area contributed by atoms with Crippen LogP contribution in [-0.2, 0) is 4.79 Å². The van der Waals surface area contributed by atoms with Crippen molar-refractivity contribution in [1.29, 1.82) is 0 Å². The Balaban J connectivity index is 1.46. The Morgan fingerprint density at radius 3 is 2.77 bits per heavy atom. The number of ether oxygens (including phenoxy) is 1. The Morgan fingerprint density at radius 1 is 1.17 bits per heavy atom. The lowest BCUT2D eigenvalue weighted by molar-refractivity contribution is -0.134. The Kier molecular flexibility index (Phi) is 6.02. The minimum absolute atomic E-state index is 0.0659. The molecular weight excluding hydrogens is 381 g/mol. The third-order valence-electron chi connectivity index (χ3n) is 5.35. The second-order valence-electron chi connectivity index (χ2n) is 7.58. The molecule has 0 spiro atoms. The van der Waals surface area contributed by atoms with Gasteiger partial charge in [0, 0.05) is 37.0 Å². The van der Waals surface area contributed by atoms with Crippen molar-refractivity contribution in [3.05, 3.63) is 78.0 Å². The number of rotatable bonds is 5. The van der Waals surface area contributed by atoms with Gasteiger partial charge < -0.3 is 9.64 Å². The van der Waals surface area contributed by atoms with Crippen molar-refractivity contribution in [2.24, 2.45) is 0 Å². The average Bonchev–Trinajstić information content (AvgIpc) is 2.78. The SMILES string of the molecule is Cc1cccc(-c2nccnc2[C@@H]2CCCN(C(=O)COc3ccc(F)cc3)C2)c1. The lowest BCUT2D eigenvalue weighted by atomic mass is 9.91. The van der Waals surface area contributed by atoms with Gasteiger partial charge in [0.2, 0.25) is 0 Å². The van der Waals surface area contributed by atoms with Gasteiger partial charge in [-0.05, 0) is 50.1 Å². The Labute approximate surface area is 175 Å². The van der Waals surface area contributed by atoms with Gasteiger partial charge in [-0.3, -0.25) is 14.8 Å². The van der Waals surface area contributed by atoms with Crippen LogP contribution < -0.4 is 4.74 Å². The molecule has 0 aliphatic carbocycles. The molecule has 4 rings (SSSR count). The van der Waals surface area contributed by atoms with Gasteiger partial charge in [0.05, 0.1) is 11.4 Å². The van der Waals surface area contributed by atoms with Crippen molar-refractivity contribution in [3.63, 3.8) is 0 Å². The first kappa shape index (κ1) is 20.0. The normalized spacial score (nSPS) is 16.3. The highest BCUT2D eigenvalue weighted by Crippen LogP contribution is 2.32. The fourth-order valence-corrected chi connectivity index (χ4v) is 3.86. The molecule has 2 heterocycles. The van der Waals surface area contributed by atoms with E-state index in [2.05, 4.69) is 29.0 Å². The summed E-state index contributed by atoms with van der Waals surface area (Å²) in [6.07, 6.45) is 5.29. The van der Waals surface area contributed by atoms with Crippen LogP contribution in [-0.4, -0.2) is 40.5 Å². The molecule has 1 amide bonds. The number of aryl methyl sites for hydroxylation is 1. The Morgan fingerprint density at radius 2 is 1.97 bits per heavy atom. The first-order chi connectivity index (χ1) is 14.6. The molecule has 1 fully saturated rings. The summed E-state index contributed by atoms with van der Waals surface area (Å²) < 4.78 is 18.6. The molecule has 1 aromatic heterocycles. The topological polar surface area (TPSA) is 55.3 Å². The number of likely N-dealkylation sites (tertiary alicyclic amines) is 1. The van der Waals surface area contributed by atoms with Gasteiger partial charge >= 0.3 is 0 Å². The minimum atomic E-state index is -0.332. The monoisotopic (exact) mass is 405 g/mol. The van der Waals surface area contributed by atoms with Crippen molar-refractivity contribution < 1.29 is 13.9 Å². The summed E-state index contributed by atoms with van der Waals surface area (Å²) in [7, 11) is 0. The summed E-state index contributed by atoms with van der Waals surface area (Å²) in [5, 5.41) is 0. The minimum Gasteiger partial charge on any atom is -0.484 e. The van der Waals surface area contributed by atoms with E-state index >= 15 is 0 Å². The first-order valence-corrected chi connectivity index (χ1v) is 10.1. The predicted molar refractivity (Wildman–Crippen MR) is 113 cm³/mol. The van der Waals surface area contributed by atoms with Crippen molar-refractivity contribution in [1.82, 2.24) is 14.9 Å². The van der Waals surface area contributed by atoms with E-state index in [0.29, 0.717) is 18.8 Å². The number of hydrogen-bond acceptors (Lipinski definition) is 4. The van der Waals surface area contributed by atoms with Gasteiger partial charge in [-0.2, -0.15) is 0 Å². The summed E-state index contributed by atoms with van der Waals surface area (Å²) in [4.78, 5) is 23.8. The van der Waals surface area contributed by atoms with E-state index in [1.807, 2.05) is 17.0 Å². The quantitative estimate of drug-likeness (QED) is 0.632.